The summed E-state index contributed by atoms with van der Waals surface area (Å²) in [5.74, 6) is -2.02. The van der Waals surface area contributed by atoms with Gasteiger partial charge < -0.3 is 15.7 Å². The van der Waals surface area contributed by atoms with E-state index in [1.54, 1.807) is 0 Å². The molecule has 0 saturated heterocycles. The van der Waals surface area contributed by atoms with Crippen molar-refractivity contribution in [3.05, 3.63) is 29.0 Å². The number of amides is 2. The Balaban J connectivity index is 2.00. The number of aliphatic carboxylic acids is 1. The molecular formula is C14H16ClFN2O3. The molecule has 1 saturated carbocycles. The van der Waals surface area contributed by atoms with Crippen molar-refractivity contribution in [2.24, 2.45) is 5.92 Å². The van der Waals surface area contributed by atoms with E-state index in [-0.39, 0.29) is 10.7 Å². The average molecular weight is 315 g/mol. The first kappa shape index (κ1) is 15.6. The largest absolute Gasteiger partial charge is 0.481 e. The molecule has 0 bridgehead atoms. The number of hydrogen-bond acceptors (Lipinski definition) is 2. The highest BCUT2D eigenvalue weighted by atomic mass is 35.5. The standard InChI is InChI=1S/C14H16ClFN2O3/c15-10-6-5-8(16)7-12(10)18-14(21)17-11-4-2-1-3-9(11)13(19)20/h5-7,9,11H,1-4H2,(H,19,20)(H2,17,18,21). The van der Waals surface area contributed by atoms with Crippen LogP contribution in [0.2, 0.25) is 5.02 Å². The lowest BCUT2D eigenvalue weighted by Crippen LogP contribution is -2.46. The first-order valence-corrected chi connectivity index (χ1v) is 7.10. The maximum absolute atomic E-state index is 13.1. The highest BCUT2D eigenvalue weighted by molar-refractivity contribution is 6.33. The Morgan fingerprint density at radius 1 is 1.29 bits per heavy atom. The molecule has 1 aliphatic carbocycles. The van der Waals surface area contributed by atoms with Gasteiger partial charge in [0.2, 0.25) is 0 Å². The molecule has 2 atom stereocenters. The molecule has 1 aliphatic rings. The molecule has 3 N–H and O–H groups in total. The summed E-state index contributed by atoms with van der Waals surface area (Å²) in [7, 11) is 0. The van der Waals surface area contributed by atoms with Crippen molar-refractivity contribution in [3.63, 3.8) is 0 Å². The van der Waals surface area contributed by atoms with Gasteiger partial charge in [-0.1, -0.05) is 24.4 Å². The fourth-order valence-electron chi connectivity index (χ4n) is 2.52. The van der Waals surface area contributed by atoms with Crippen molar-refractivity contribution >= 4 is 29.3 Å². The van der Waals surface area contributed by atoms with Crippen LogP contribution in [0.5, 0.6) is 0 Å². The number of nitrogens with one attached hydrogen (secondary N) is 2. The zero-order valence-corrected chi connectivity index (χ0v) is 12.0. The summed E-state index contributed by atoms with van der Waals surface area (Å²) in [5, 5.41) is 14.4. The fraction of sp³-hybridized carbons (Fsp3) is 0.429. The van der Waals surface area contributed by atoms with E-state index in [0.717, 1.165) is 18.9 Å². The van der Waals surface area contributed by atoms with E-state index in [9.17, 15) is 14.0 Å². The summed E-state index contributed by atoms with van der Waals surface area (Å²) in [6, 6.07) is 2.63. The van der Waals surface area contributed by atoms with Crippen LogP contribution in [0.4, 0.5) is 14.9 Å². The van der Waals surface area contributed by atoms with Gasteiger partial charge in [0.15, 0.2) is 0 Å². The lowest BCUT2D eigenvalue weighted by atomic mass is 9.84. The number of carbonyl (C=O) groups is 2. The molecule has 21 heavy (non-hydrogen) atoms. The van der Waals surface area contributed by atoms with Crippen molar-refractivity contribution in [3.8, 4) is 0 Å². The van der Waals surface area contributed by atoms with Crippen LogP contribution in [0, 0.1) is 11.7 Å². The van der Waals surface area contributed by atoms with E-state index in [2.05, 4.69) is 10.6 Å². The quantitative estimate of drug-likeness (QED) is 0.801. The van der Waals surface area contributed by atoms with E-state index in [1.807, 2.05) is 0 Å². The first-order valence-electron chi connectivity index (χ1n) is 6.73. The van der Waals surface area contributed by atoms with Gasteiger partial charge in [-0.05, 0) is 31.0 Å². The minimum atomic E-state index is -0.913. The molecule has 0 heterocycles. The van der Waals surface area contributed by atoms with Gasteiger partial charge in [0.1, 0.15) is 5.82 Å². The van der Waals surface area contributed by atoms with Crippen molar-refractivity contribution in [1.29, 1.82) is 0 Å². The van der Waals surface area contributed by atoms with Crippen LogP contribution in [0.3, 0.4) is 0 Å². The van der Waals surface area contributed by atoms with Gasteiger partial charge in [-0.2, -0.15) is 0 Å². The molecule has 5 nitrogen and oxygen atoms in total. The van der Waals surface area contributed by atoms with Gasteiger partial charge in [-0.25, -0.2) is 9.18 Å². The topological polar surface area (TPSA) is 78.4 Å². The number of carboxylic acids is 1. The highest BCUT2D eigenvalue weighted by Crippen LogP contribution is 2.25. The van der Waals surface area contributed by atoms with E-state index in [4.69, 9.17) is 16.7 Å². The van der Waals surface area contributed by atoms with Crippen molar-refractivity contribution in [1.82, 2.24) is 5.32 Å². The van der Waals surface area contributed by atoms with Crippen LogP contribution in [0.25, 0.3) is 0 Å². The summed E-state index contributed by atoms with van der Waals surface area (Å²) in [6.07, 6.45) is 2.87. The molecule has 2 amide bonds. The van der Waals surface area contributed by atoms with Gasteiger partial charge in [0.05, 0.1) is 16.6 Å². The number of halogens is 2. The van der Waals surface area contributed by atoms with E-state index < -0.39 is 29.8 Å². The fourth-order valence-corrected chi connectivity index (χ4v) is 2.68. The molecule has 2 rings (SSSR count). The lowest BCUT2D eigenvalue weighted by Gasteiger charge is -2.29. The van der Waals surface area contributed by atoms with Crippen LogP contribution < -0.4 is 10.6 Å². The molecule has 0 aliphatic heterocycles. The Morgan fingerprint density at radius 3 is 2.71 bits per heavy atom. The third-order valence-corrected chi connectivity index (χ3v) is 3.91. The monoisotopic (exact) mass is 314 g/mol. The summed E-state index contributed by atoms with van der Waals surface area (Å²) >= 11 is 5.86. The van der Waals surface area contributed by atoms with Crippen molar-refractivity contribution < 1.29 is 19.1 Å². The predicted octanol–water partition coefficient (Wildman–Crippen LogP) is 3.24. The zero-order chi connectivity index (χ0) is 15.4. The molecule has 0 spiro atoms. The second-order valence-electron chi connectivity index (χ2n) is 5.06. The molecule has 114 valence electrons. The highest BCUT2D eigenvalue weighted by Gasteiger charge is 2.31. The number of hydrogen-bond donors (Lipinski definition) is 3. The van der Waals surface area contributed by atoms with Crippen LogP contribution in [0.15, 0.2) is 18.2 Å². The molecule has 1 aromatic carbocycles. The smallest absolute Gasteiger partial charge is 0.319 e. The Bertz CT molecular complexity index is 553. The summed E-state index contributed by atoms with van der Waals surface area (Å²) in [6.45, 7) is 0. The Hall–Kier alpha value is -1.82. The van der Waals surface area contributed by atoms with Crippen LogP contribution >= 0.6 is 11.6 Å². The van der Waals surface area contributed by atoms with E-state index >= 15 is 0 Å². The number of carbonyl (C=O) groups excluding carboxylic acids is 1. The van der Waals surface area contributed by atoms with E-state index in [1.165, 1.54) is 12.1 Å². The zero-order valence-electron chi connectivity index (χ0n) is 11.2. The molecule has 0 radical (unpaired) electrons. The predicted molar refractivity (Wildman–Crippen MR) is 76.9 cm³/mol. The summed E-state index contributed by atoms with van der Waals surface area (Å²) < 4.78 is 13.1. The Labute approximate surface area is 126 Å². The second-order valence-corrected chi connectivity index (χ2v) is 5.47. The van der Waals surface area contributed by atoms with Crippen LogP contribution in [-0.4, -0.2) is 23.1 Å². The minimum absolute atomic E-state index is 0.150. The number of carboxylic acid groups (broad SMARTS) is 1. The van der Waals surface area contributed by atoms with Gasteiger partial charge in [-0.3, -0.25) is 4.79 Å². The molecule has 0 aromatic heterocycles. The van der Waals surface area contributed by atoms with Crippen molar-refractivity contribution in [2.45, 2.75) is 31.7 Å². The van der Waals surface area contributed by atoms with Crippen LogP contribution in [-0.2, 0) is 4.79 Å². The third kappa shape index (κ3) is 4.07. The Morgan fingerprint density at radius 2 is 2.00 bits per heavy atom. The maximum Gasteiger partial charge on any atom is 0.319 e. The number of anilines is 1. The van der Waals surface area contributed by atoms with Crippen molar-refractivity contribution in [2.75, 3.05) is 5.32 Å². The minimum Gasteiger partial charge on any atom is -0.481 e. The SMILES string of the molecule is O=C(Nc1cc(F)ccc1Cl)NC1CCCCC1C(=O)O. The van der Waals surface area contributed by atoms with Gasteiger partial charge >= 0.3 is 12.0 Å². The summed E-state index contributed by atoms with van der Waals surface area (Å²) in [5.41, 5.74) is 0.150. The maximum atomic E-state index is 13.1. The van der Waals surface area contributed by atoms with E-state index in [0.29, 0.717) is 12.8 Å². The third-order valence-electron chi connectivity index (χ3n) is 3.58. The normalized spacial score (nSPS) is 21.6. The number of urea groups is 1. The van der Waals surface area contributed by atoms with Crippen LogP contribution in [0.1, 0.15) is 25.7 Å². The Kier molecular flexibility index (Phi) is 5.01. The number of benzene rings is 1. The molecule has 2 unspecified atom stereocenters. The van der Waals surface area contributed by atoms with Gasteiger partial charge in [0, 0.05) is 6.04 Å². The first-order chi connectivity index (χ1) is 9.97. The average Bonchev–Trinajstić information content (AvgIpc) is 2.43. The molecule has 1 aromatic rings. The lowest BCUT2D eigenvalue weighted by molar-refractivity contribution is -0.143. The van der Waals surface area contributed by atoms with Gasteiger partial charge in [0.25, 0.3) is 0 Å². The molecular weight excluding hydrogens is 299 g/mol. The van der Waals surface area contributed by atoms with Gasteiger partial charge in [-0.15, -0.1) is 0 Å². The molecule has 7 heteroatoms. The number of rotatable bonds is 3. The second kappa shape index (κ2) is 6.76. The molecule has 1 fully saturated rings. The summed E-state index contributed by atoms with van der Waals surface area (Å²) in [4.78, 5) is 23.1.